The summed E-state index contributed by atoms with van der Waals surface area (Å²) in [6.45, 7) is 4.63. The Balaban J connectivity index is 1.38. The van der Waals surface area contributed by atoms with E-state index in [1.54, 1.807) is 6.20 Å². The number of carbonyl (C=O) groups is 1. The van der Waals surface area contributed by atoms with Crippen molar-refractivity contribution < 1.29 is 18.0 Å². The summed E-state index contributed by atoms with van der Waals surface area (Å²) in [4.78, 5) is 27.5. The van der Waals surface area contributed by atoms with E-state index in [9.17, 15) is 18.0 Å². The van der Waals surface area contributed by atoms with Crippen LogP contribution in [0.4, 0.5) is 19.0 Å². The van der Waals surface area contributed by atoms with Crippen LogP contribution in [0.25, 0.3) is 5.70 Å². The fourth-order valence-corrected chi connectivity index (χ4v) is 5.11. The molecule has 1 saturated carbocycles. The first-order valence-electron chi connectivity index (χ1n) is 11.3. The molecule has 2 aromatic rings. The highest BCUT2D eigenvalue weighted by atomic mass is 19.4. The van der Waals surface area contributed by atoms with E-state index in [-0.39, 0.29) is 29.9 Å². The number of fused-ring (bicyclic) bond motifs is 2. The zero-order valence-corrected chi connectivity index (χ0v) is 18.8. The zero-order valence-electron chi connectivity index (χ0n) is 18.8. The van der Waals surface area contributed by atoms with Gasteiger partial charge in [-0.15, -0.1) is 0 Å². The molecule has 2 aromatic heterocycles. The van der Waals surface area contributed by atoms with Gasteiger partial charge in [-0.1, -0.05) is 12.1 Å². The number of alkyl halides is 3. The number of pyridine rings is 1. The monoisotopic (exact) mass is 470 g/mol. The third-order valence-corrected chi connectivity index (χ3v) is 6.69. The average Bonchev–Trinajstić information content (AvgIpc) is 3.39. The summed E-state index contributed by atoms with van der Waals surface area (Å²) < 4.78 is 38.3. The van der Waals surface area contributed by atoms with Crippen LogP contribution in [-0.2, 0) is 11.0 Å². The highest BCUT2D eigenvalue weighted by Gasteiger charge is 2.48. The predicted octanol–water partition coefficient (Wildman–Crippen LogP) is 3.56. The number of aryl methyl sites for hydroxylation is 1. The number of piperidine rings is 1. The van der Waals surface area contributed by atoms with Crippen LogP contribution >= 0.6 is 0 Å². The van der Waals surface area contributed by atoms with Crippen LogP contribution in [-0.4, -0.2) is 50.4 Å². The van der Waals surface area contributed by atoms with Gasteiger partial charge in [0.25, 0.3) is 5.91 Å². The summed E-state index contributed by atoms with van der Waals surface area (Å²) in [7, 11) is 0. The second-order valence-electron chi connectivity index (χ2n) is 9.15. The number of likely N-dealkylation sites (tertiary alicyclic amines) is 1. The molecule has 2 N–H and O–H groups in total. The molecule has 2 bridgehead atoms. The number of aromatic nitrogens is 3. The zero-order chi connectivity index (χ0) is 24.0. The number of carbonyl (C=O) groups excluding carboxylic acids is 1. The third kappa shape index (κ3) is 4.12. The molecule has 4 atom stereocenters. The van der Waals surface area contributed by atoms with Crippen LogP contribution in [0.5, 0.6) is 0 Å². The van der Waals surface area contributed by atoms with Crippen LogP contribution < -0.4 is 10.6 Å². The van der Waals surface area contributed by atoms with Gasteiger partial charge in [-0.05, 0) is 50.3 Å². The number of nitrogens with zero attached hydrogens (tertiary/aromatic N) is 4. The number of nitrogens with one attached hydrogen (secondary N) is 2. The van der Waals surface area contributed by atoms with Crippen LogP contribution in [0.1, 0.15) is 36.7 Å². The topological polar surface area (TPSA) is 83.0 Å². The maximum Gasteiger partial charge on any atom is 0.434 e. The van der Waals surface area contributed by atoms with Crippen molar-refractivity contribution in [2.45, 2.75) is 51.0 Å². The average molecular weight is 470 g/mol. The molecule has 7 nitrogen and oxygen atoms in total. The maximum atomic E-state index is 13.7. The largest absolute Gasteiger partial charge is 0.434 e. The third-order valence-electron chi connectivity index (χ3n) is 6.69. The molecule has 0 radical (unpaired) electrons. The number of halogens is 3. The molecule has 1 amide bonds. The molecule has 0 spiro atoms. The van der Waals surface area contributed by atoms with E-state index in [2.05, 4.69) is 25.6 Å². The molecule has 34 heavy (non-hydrogen) atoms. The van der Waals surface area contributed by atoms with Crippen molar-refractivity contribution in [2.75, 3.05) is 11.9 Å². The minimum Gasteiger partial charge on any atom is -0.377 e. The van der Waals surface area contributed by atoms with E-state index in [0.717, 1.165) is 42.2 Å². The molecule has 1 aliphatic carbocycles. The Morgan fingerprint density at radius 1 is 1.21 bits per heavy atom. The molecule has 5 rings (SSSR count). The first-order valence-corrected chi connectivity index (χ1v) is 11.3. The Morgan fingerprint density at radius 3 is 2.71 bits per heavy atom. The van der Waals surface area contributed by atoms with Crippen molar-refractivity contribution in [3.05, 3.63) is 65.4 Å². The molecule has 2 fully saturated rings. The van der Waals surface area contributed by atoms with Gasteiger partial charge < -0.3 is 15.5 Å². The molecule has 3 aliphatic rings. The van der Waals surface area contributed by atoms with Gasteiger partial charge in [-0.25, -0.2) is 9.97 Å². The summed E-state index contributed by atoms with van der Waals surface area (Å²) in [5.41, 5.74) is 1.99. The predicted molar refractivity (Wildman–Crippen MR) is 120 cm³/mol. The second-order valence-corrected chi connectivity index (χ2v) is 9.15. The standard InChI is InChI=1S/C24H25F3N6O/c1-13-4-3-7-28-21(13)22-16(6-5-14(2)31-22)23(34)33-12-15-8-17(18(33)9-15)32-20-11-29-19(10-30-20)24(25,26)27/h3-7,10-11,14-15,17-18,31H,8-9,12H2,1-2H3,(H,30,32). The molecule has 4 heterocycles. The number of hydrogen-bond acceptors (Lipinski definition) is 6. The molecule has 4 unspecified atom stereocenters. The number of rotatable bonds is 4. The van der Waals surface area contributed by atoms with Crippen molar-refractivity contribution >= 4 is 17.4 Å². The maximum absolute atomic E-state index is 13.7. The van der Waals surface area contributed by atoms with Gasteiger partial charge >= 0.3 is 6.18 Å². The quantitative estimate of drug-likeness (QED) is 0.711. The molecule has 0 aromatic carbocycles. The SMILES string of the molecule is Cc1cccnc1C1=C(C(=O)N2CC3CC(Nc4cnc(C(F)(F)F)cn4)C2C3)C=CC(C)N1. The van der Waals surface area contributed by atoms with E-state index in [0.29, 0.717) is 18.0 Å². The summed E-state index contributed by atoms with van der Waals surface area (Å²) >= 11 is 0. The van der Waals surface area contributed by atoms with Crippen molar-refractivity contribution in [1.82, 2.24) is 25.2 Å². The number of hydrogen-bond donors (Lipinski definition) is 2. The van der Waals surface area contributed by atoms with Gasteiger partial charge in [0.1, 0.15) is 5.82 Å². The molecule has 1 saturated heterocycles. The van der Waals surface area contributed by atoms with Gasteiger partial charge in [0, 0.05) is 24.8 Å². The number of dihydropyridines is 1. The van der Waals surface area contributed by atoms with Crippen LogP contribution in [0, 0.1) is 12.8 Å². The van der Waals surface area contributed by atoms with E-state index in [1.165, 1.54) is 0 Å². The molecular weight excluding hydrogens is 445 g/mol. The fraction of sp³-hybridized carbons (Fsp3) is 0.417. The highest BCUT2D eigenvalue weighted by Crippen LogP contribution is 2.40. The Bertz CT molecular complexity index is 1160. The molecule has 2 aliphatic heterocycles. The molecule has 10 heteroatoms. The van der Waals surface area contributed by atoms with Gasteiger partial charge in [-0.2, -0.15) is 13.2 Å². The Morgan fingerprint density at radius 2 is 2.03 bits per heavy atom. The first kappa shape index (κ1) is 22.4. The number of amides is 1. The van der Waals surface area contributed by atoms with E-state index in [4.69, 9.17) is 0 Å². The normalized spacial score (nSPS) is 26.1. The minimum atomic E-state index is -4.53. The van der Waals surface area contributed by atoms with E-state index in [1.807, 2.05) is 43.0 Å². The Kier molecular flexibility index (Phi) is 5.53. The molecular formula is C24H25F3N6O. The van der Waals surface area contributed by atoms with Crippen molar-refractivity contribution in [2.24, 2.45) is 5.92 Å². The lowest BCUT2D eigenvalue weighted by Crippen LogP contribution is -2.48. The summed E-state index contributed by atoms with van der Waals surface area (Å²) in [6.07, 6.45) is 4.50. The highest BCUT2D eigenvalue weighted by molar-refractivity contribution is 6.04. The smallest absolute Gasteiger partial charge is 0.377 e. The van der Waals surface area contributed by atoms with Gasteiger partial charge in [-0.3, -0.25) is 9.78 Å². The van der Waals surface area contributed by atoms with E-state index >= 15 is 0 Å². The minimum absolute atomic E-state index is 0.0654. The number of anilines is 1. The molecule has 178 valence electrons. The second kappa shape index (κ2) is 8.41. The van der Waals surface area contributed by atoms with Crippen molar-refractivity contribution in [3.63, 3.8) is 0 Å². The summed E-state index contributed by atoms with van der Waals surface area (Å²) in [5.74, 6) is 0.525. The van der Waals surface area contributed by atoms with Gasteiger partial charge in [0.15, 0.2) is 5.69 Å². The van der Waals surface area contributed by atoms with Gasteiger partial charge in [0.05, 0.1) is 35.4 Å². The van der Waals surface area contributed by atoms with Crippen LogP contribution in [0.3, 0.4) is 0 Å². The van der Waals surface area contributed by atoms with Crippen molar-refractivity contribution in [3.8, 4) is 0 Å². The lowest BCUT2D eigenvalue weighted by atomic mass is 9.99. The lowest BCUT2D eigenvalue weighted by molar-refractivity contribution is -0.141. The van der Waals surface area contributed by atoms with Crippen molar-refractivity contribution in [1.29, 1.82) is 0 Å². The lowest BCUT2D eigenvalue weighted by Gasteiger charge is -2.35. The first-order chi connectivity index (χ1) is 16.2. The Labute approximate surface area is 195 Å². The summed E-state index contributed by atoms with van der Waals surface area (Å²) in [6, 6.07) is 3.71. The van der Waals surface area contributed by atoms with Crippen LogP contribution in [0.15, 0.2) is 48.4 Å². The summed E-state index contributed by atoms with van der Waals surface area (Å²) in [5, 5.41) is 6.60. The van der Waals surface area contributed by atoms with Crippen LogP contribution in [0.2, 0.25) is 0 Å². The van der Waals surface area contributed by atoms with Gasteiger partial charge in [0.2, 0.25) is 0 Å². The Hall–Kier alpha value is -3.43. The van der Waals surface area contributed by atoms with E-state index < -0.39 is 11.9 Å². The fourth-order valence-electron chi connectivity index (χ4n) is 5.11.